The third kappa shape index (κ3) is 4.66. The Morgan fingerprint density at radius 2 is 1.11 bits per heavy atom. The molecule has 0 spiro atoms. The summed E-state index contributed by atoms with van der Waals surface area (Å²) in [5.74, 6) is 13.0. The van der Waals surface area contributed by atoms with Gasteiger partial charge in [0.25, 0.3) is 0 Å². The Bertz CT molecular complexity index is 1550. The number of benzene rings is 2. The molecule has 0 N–H and O–H groups in total. The van der Waals surface area contributed by atoms with Crippen LogP contribution in [0.3, 0.4) is 0 Å². The van der Waals surface area contributed by atoms with Crippen LogP contribution in [0.15, 0.2) is 86.0 Å². The Kier molecular flexibility index (Phi) is 6.89. The number of rotatable bonds is 6. The van der Waals surface area contributed by atoms with Gasteiger partial charge in [-0.05, 0) is 83.6 Å². The lowest BCUT2D eigenvalue weighted by atomic mass is 9.72. The lowest BCUT2D eigenvalue weighted by Crippen LogP contribution is -2.24. The van der Waals surface area contributed by atoms with Crippen LogP contribution >= 0.6 is 22.7 Å². The largest absolute Gasteiger partial charge is 0.297 e. The third-order valence-electron chi connectivity index (χ3n) is 6.49. The summed E-state index contributed by atoms with van der Waals surface area (Å²) in [7, 11) is 0. The first kappa shape index (κ1) is 24.5. The minimum absolute atomic E-state index is 0.301. The van der Waals surface area contributed by atoms with Crippen molar-refractivity contribution in [3.8, 4) is 34.8 Å². The molecule has 0 aliphatic heterocycles. The summed E-state index contributed by atoms with van der Waals surface area (Å²) in [4.78, 5) is 25.1. The molecule has 2 aromatic heterocycles. The van der Waals surface area contributed by atoms with E-state index in [9.17, 15) is 9.59 Å². The Hall–Kier alpha value is -4.22. The topological polar surface area (TPSA) is 34.1 Å². The molecule has 0 saturated heterocycles. The second-order valence-electron chi connectivity index (χ2n) is 8.73. The van der Waals surface area contributed by atoms with Crippen molar-refractivity contribution in [3.63, 3.8) is 0 Å². The summed E-state index contributed by atoms with van der Waals surface area (Å²) >= 11 is 2.79. The normalized spacial score (nSPS) is 12.2. The van der Waals surface area contributed by atoms with Crippen molar-refractivity contribution in [1.82, 2.24) is 0 Å². The molecule has 0 saturated carbocycles. The zero-order valence-corrected chi connectivity index (χ0v) is 21.7. The van der Waals surface area contributed by atoms with Crippen LogP contribution in [-0.4, -0.2) is 12.6 Å². The van der Waals surface area contributed by atoms with Crippen LogP contribution in [0.2, 0.25) is 0 Å². The van der Waals surface area contributed by atoms with E-state index in [2.05, 4.69) is 73.2 Å². The minimum Gasteiger partial charge on any atom is -0.297 e. The molecule has 5 rings (SSSR count). The summed E-state index contributed by atoms with van der Waals surface area (Å²) in [6, 6.07) is 20.1. The van der Waals surface area contributed by atoms with Crippen LogP contribution in [0.25, 0.3) is 11.1 Å². The number of hydrogen-bond acceptors (Lipinski definition) is 4. The van der Waals surface area contributed by atoms with Crippen molar-refractivity contribution in [1.29, 1.82) is 0 Å². The van der Waals surface area contributed by atoms with Crippen LogP contribution < -0.4 is 0 Å². The molecule has 4 aromatic rings. The van der Waals surface area contributed by atoms with E-state index >= 15 is 0 Å². The quantitative estimate of drug-likeness (QED) is 0.150. The van der Waals surface area contributed by atoms with Crippen LogP contribution in [0.1, 0.15) is 64.2 Å². The summed E-state index contributed by atoms with van der Waals surface area (Å²) in [6.45, 7) is 8.14. The maximum Gasteiger partial charge on any atom is 0.160 e. The number of aldehydes is 2. The van der Waals surface area contributed by atoms with Crippen molar-refractivity contribution in [2.75, 3.05) is 0 Å². The van der Waals surface area contributed by atoms with Gasteiger partial charge >= 0.3 is 0 Å². The molecule has 0 fully saturated rings. The van der Waals surface area contributed by atoms with Gasteiger partial charge in [0.2, 0.25) is 0 Å². The van der Waals surface area contributed by atoms with E-state index in [1.54, 1.807) is 12.1 Å². The molecular weight excluding hydrogens is 492 g/mol. The zero-order chi connectivity index (χ0) is 25.8. The fraction of sp³-hybridized carbons (Fsp3) is 0.0909. The first-order valence-corrected chi connectivity index (χ1v) is 13.4. The number of fused-ring (bicyclic) bond motifs is 3. The number of hydrogen-bond donors (Lipinski definition) is 0. The molecule has 37 heavy (non-hydrogen) atoms. The van der Waals surface area contributed by atoms with Gasteiger partial charge in [-0.25, -0.2) is 0 Å². The molecule has 0 atom stereocenters. The van der Waals surface area contributed by atoms with Gasteiger partial charge in [-0.3, -0.25) is 9.59 Å². The van der Waals surface area contributed by atoms with Crippen LogP contribution in [0.5, 0.6) is 0 Å². The maximum atomic E-state index is 11.0. The van der Waals surface area contributed by atoms with E-state index in [1.165, 1.54) is 44.9 Å². The standard InChI is InChI=1S/C33H22O2S2/c1-3-17-33(18-4-2)31-19-23(5-9-25-11-13-27(21-34)36-25)7-15-29(31)30-16-8-24(20-32(30)33)6-10-26-12-14-28(22-35)37-26/h3-4,7-8,11-16,19-22H,1-2,17-18H2. The zero-order valence-electron chi connectivity index (χ0n) is 20.0. The monoisotopic (exact) mass is 514 g/mol. The van der Waals surface area contributed by atoms with Crippen molar-refractivity contribution >= 4 is 35.2 Å². The van der Waals surface area contributed by atoms with Crippen LogP contribution in [-0.2, 0) is 5.41 Å². The van der Waals surface area contributed by atoms with Gasteiger partial charge in [0, 0.05) is 16.5 Å². The number of carbonyl (C=O) groups excluding carboxylic acids is 2. The van der Waals surface area contributed by atoms with Crippen molar-refractivity contribution < 1.29 is 9.59 Å². The first-order chi connectivity index (χ1) is 18.1. The second kappa shape index (κ2) is 10.4. The third-order valence-corrected chi connectivity index (χ3v) is 8.34. The van der Waals surface area contributed by atoms with Crippen molar-refractivity contribution in [3.05, 3.63) is 128 Å². The fourth-order valence-corrected chi connectivity index (χ4v) is 6.25. The highest BCUT2D eigenvalue weighted by Crippen LogP contribution is 2.53. The number of allylic oxidation sites excluding steroid dienone is 2. The minimum atomic E-state index is -0.301. The van der Waals surface area contributed by atoms with E-state index in [0.29, 0.717) is 9.75 Å². The Labute approximate surface area is 225 Å². The predicted octanol–water partition coefficient (Wildman–Crippen LogP) is 7.65. The average Bonchev–Trinajstić information content (AvgIpc) is 3.64. The highest BCUT2D eigenvalue weighted by Gasteiger charge is 2.41. The summed E-state index contributed by atoms with van der Waals surface area (Å²) in [5.41, 5.74) is 6.36. The van der Waals surface area contributed by atoms with Gasteiger partial charge in [0.1, 0.15) is 0 Å². The van der Waals surface area contributed by atoms with E-state index in [4.69, 9.17) is 0 Å². The second-order valence-corrected chi connectivity index (χ2v) is 11.0. The van der Waals surface area contributed by atoms with Gasteiger partial charge in [-0.15, -0.1) is 35.8 Å². The molecule has 0 radical (unpaired) electrons. The molecule has 0 amide bonds. The molecule has 2 aromatic carbocycles. The van der Waals surface area contributed by atoms with Gasteiger partial charge in [0.15, 0.2) is 12.6 Å². The Balaban J connectivity index is 1.58. The molecular formula is C33H22O2S2. The molecule has 1 aliphatic carbocycles. The van der Waals surface area contributed by atoms with Crippen molar-refractivity contribution in [2.45, 2.75) is 18.3 Å². The summed E-state index contributed by atoms with van der Waals surface area (Å²) < 4.78 is 0. The van der Waals surface area contributed by atoms with Crippen LogP contribution in [0.4, 0.5) is 0 Å². The van der Waals surface area contributed by atoms with E-state index < -0.39 is 0 Å². The SMILES string of the molecule is C=CCC1(CC=C)c2cc(C#Cc3ccc(C=O)s3)ccc2-c2ccc(C#Cc3ccc(C=O)s3)cc21. The van der Waals surface area contributed by atoms with Crippen LogP contribution in [0, 0.1) is 23.7 Å². The Morgan fingerprint density at radius 3 is 1.49 bits per heavy atom. The first-order valence-electron chi connectivity index (χ1n) is 11.8. The van der Waals surface area contributed by atoms with E-state index in [-0.39, 0.29) is 5.41 Å². The van der Waals surface area contributed by atoms with E-state index in [0.717, 1.165) is 46.3 Å². The lowest BCUT2D eigenvalue weighted by molar-refractivity contribution is 0.111. The molecule has 2 heterocycles. The average molecular weight is 515 g/mol. The summed E-state index contributed by atoms with van der Waals surface area (Å²) in [6.07, 6.45) is 7.16. The molecule has 0 unspecified atom stereocenters. The number of thiophene rings is 2. The van der Waals surface area contributed by atoms with Gasteiger partial charge in [0.05, 0.1) is 19.5 Å². The summed E-state index contributed by atoms with van der Waals surface area (Å²) in [5, 5.41) is 0. The van der Waals surface area contributed by atoms with E-state index in [1.807, 2.05) is 24.3 Å². The fourth-order valence-electron chi connectivity index (χ4n) is 4.90. The molecule has 178 valence electrons. The van der Waals surface area contributed by atoms with Gasteiger partial charge < -0.3 is 0 Å². The lowest BCUT2D eigenvalue weighted by Gasteiger charge is -2.30. The molecule has 2 nitrogen and oxygen atoms in total. The van der Waals surface area contributed by atoms with Gasteiger partial charge in [-0.2, -0.15) is 0 Å². The Morgan fingerprint density at radius 1 is 0.649 bits per heavy atom. The smallest absolute Gasteiger partial charge is 0.160 e. The maximum absolute atomic E-state index is 11.0. The number of carbonyl (C=O) groups is 2. The predicted molar refractivity (Wildman–Crippen MR) is 154 cm³/mol. The molecule has 1 aliphatic rings. The molecule has 0 bridgehead atoms. The molecule has 4 heteroatoms. The highest BCUT2D eigenvalue weighted by molar-refractivity contribution is 7.14. The van der Waals surface area contributed by atoms with Crippen molar-refractivity contribution in [2.24, 2.45) is 0 Å². The highest BCUT2D eigenvalue weighted by atomic mass is 32.1. The van der Waals surface area contributed by atoms with Gasteiger partial charge in [-0.1, -0.05) is 48.0 Å².